The molecule has 0 N–H and O–H groups in total. The van der Waals surface area contributed by atoms with E-state index in [9.17, 15) is 0 Å². The summed E-state index contributed by atoms with van der Waals surface area (Å²) in [6.45, 7) is 18.8. The van der Waals surface area contributed by atoms with Gasteiger partial charge in [0.1, 0.15) is 22.1 Å². The summed E-state index contributed by atoms with van der Waals surface area (Å²) in [7, 11) is 0. The normalized spacial score (nSPS) is 13.8. The minimum Gasteiger partial charge on any atom is -0.173 e. The standard InChI is InChI=1S/C100H154N4S4/c1-9-15-21-27-31-35-39-43-47-51-55-61-67-99(68-62-56-52-48-44-40-36-32-28-22-16-10-2)85-74-81-86(73-80(85)91-87(99)71-77(7)93-95(91)103-107-101-93)100(69-63-57-53-49-45-41-37-33-29-23-17-11-3,70-64-58-54-50-46-42-38-34-30-24-18-12-4)88-75-82(94-96(92(81)88)104-108-102-94)89-76-84-90(83-72-78(8)105-97(83)98(84)106-89)79(65-59-25-19-13-5)66-60-26-20-14-6/h71-76H,9-70H2,1-8H3. The number of rotatable bonds is 63. The van der Waals surface area contributed by atoms with Gasteiger partial charge in [-0.25, -0.2) is 0 Å². The second kappa shape index (κ2) is 48.0. The first-order valence-electron chi connectivity index (χ1n) is 47.0. The van der Waals surface area contributed by atoms with E-state index in [-0.39, 0.29) is 10.8 Å². The molecule has 4 heterocycles. The van der Waals surface area contributed by atoms with Crippen molar-refractivity contribution in [2.45, 2.75) is 464 Å². The molecule has 0 bridgehead atoms. The van der Waals surface area contributed by atoms with E-state index >= 15 is 0 Å². The molecule has 0 unspecified atom stereocenters. The van der Waals surface area contributed by atoms with Gasteiger partial charge >= 0.3 is 0 Å². The topological polar surface area (TPSA) is 51.6 Å². The number of aryl methyl sites for hydroxylation is 2. The number of benzene rings is 3. The highest BCUT2D eigenvalue weighted by Crippen LogP contribution is 2.64. The summed E-state index contributed by atoms with van der Waals surface area (Å²) in [5.41, 5.74) is 25.7. The van der Waals surface area contributed by atoms with Crippen LogP contribution in [-0.2, 0) is 10.8 Å². The van der Waals surface area contributed by atoms with Gasteiger partial charge in [-0.05, 0) is 140 Å². The van der Waals surface area contributed by atoms with Gasteiger partial charge in [-0.15, -0.1) is 22.7 Å². The van der Waals surface area contributed by atoms with Gasteiger partial charge < -0.3 is 0 Å². The van der Waals surface area contributed by atoms with Crippen LogP contribution >= 0.6 is 46.1 Å². The molecule has 0 amide bonds. The highest BCUT2D eigenvalue weighted by Gasteiger charge is 2.50. The molecule has 7 aromatic rings. The van der Waals surface area contributed by atoms with Crippen LogP contribution in [0.4, 0.5) is 0 Å². The predicted octanol–water partition coefficient (Wildman–Crippen LogP) is 35.7. The second-order valence-electron chi connectivity index (χ2n) is 35.1. The third-order valence-corrected chi connectivity index (χ3v) is 29.9. The summed E-state index contributed by atoms with van der Waals surface area (Å²) in [5, 5.41) is 0. The zero-order valence-electron chi connectivity index (χ0n) is 70.7. The Hall–Kier alpha value is -3.56. The molecule has 108 heavy (non-hydrogen) atoms. The average Bonchev–Trinajstić information content (AvgIpc) is 1.52. The Morgan fingerprint density at radius 3 is 0.926 bits per heavy atom. The SMILES string of the molecule is CCCCCCCCCCCCCCC1(CCCCCCCCCCCCCC)c2cc3c(cc2-c2c1cc(C)c1nsnc21)C(CCCCCCCCCCCCCC)(CCCCCCCCCCCCCC)c1cc(-c2cc4c(s2)-c2sc(C)cc2C4=C(CCCCCC)CCCCCC)c2nsnc2c1-3. The molecule has 10 rings (SSSR count). The van der Waals surface area contributed by atoms with Crippen LogP contribution < -0.4 is 0 Å². The zero-order chi connectivity index (χ0) is 75.4. The molecular weight excluding hydrogens is 1390 g/mol. The van der Waals surface area contributed by atoms with Crippen molar-refractivity contribution < 1.29 is 0 Å². The molecular formula is C100H154N4S4. The second-order valence-corrected chi connectivity index (χ2v) is 38.5. The van der Waals surface area contributed by atoms with Crippen LogP contribution in [0.1, 0.15) is 483 Å². The lowest BCUT2D eigenvalue weighted by Crippen LogP contribution is -2.27. The highest BCUT2D eigenvalue weighted by atomic mass is 32.1. The fourth-order valence-electron chi connectivity index (χ4n) is 20.2. The van der Waals surface area contributed by atoms with E-state index in [1.54, 1.807) is 33.4 Å². The largest absolute Gasteiger partial charge is 0.173 e. The summed E-state index contributed by atoms with van der Waals surface area (Å²) in [6.07, 6.45) is 83.7. The van der Waals surface area contributed by atoms with Gasteiger partial charge in [0.25, 0.3) is 0 Å². The Bertz CT molecular complexity index is 3660. The molecule has 0 spiro atoms. The van der Waals surface area contributed by atoms with Gasteiger partial charge in [0.15, 0.2) is 0 Å². The predicted molar refractivity (Wildman–Crippen MR) is 483 cm³/mol. The van der Waals surface area contributed by atoms with Crippen molar-refractivity contribution in [1.82, 2.24) is 17.5 Å². The molecule has 0 radical (unpaired) electrons. The van der Waals surface area contributed by atoms with E-state index in [2.05, 4.69) is 103 Å². The first-order chi connectivity index (χ1) is 53.3. The lowest BCUT2D eigenvalue weighted by Gasteiger charge is -2.35. The lowest BCUT2D eigenvalue weighted by atomic mass is 9.68. The van der Waals surface area contributed by atoms with Gasteiger partial charge in [-0.3, -0.25) is 0 Å². The van der Waals surface area contributed by atoms with Gasteiger partial charge in [0.05, 0.1) is 33.2 Å². The molecule has 0 saturated heterocycles. The summed E-state index contributed by atoms with van der Waals surface area (Å²) < 4.78 is 21.8. The maximum Gasteiger partial charge on any atom is 0.114 e. The van der Waals surface area contributed by atoms with Crippen LogP contribution in [0.3, 0.4) is 0 Å². The molecule has 8 heteroatoms. The van der Waals surface area contributed by atoms with Crippen LogP contribution in [0.2, 0.25) is 0 Å². The fourth-order valence-corrected chi connectivity index (χ4v) is 23.7. The maximum absolute atomic E-state index is 5.67. The molecule has 0 saturated carbocycles. The van der Waals surface area contributed by atoms with Crippen molar-refractivity contribution in [1.29, 1.82) is 0 Å². The van der Waals surface area contributed by atoms with Crippen LogP contribution in [0.25, 0.3) is 70.1 Å². The molecule has 4 nitrogen and oxygen atoms in total. The summed E-state index contributed by atoms with van der Waals surface area (Å²) >= 11 is 7.07. The summed E-state index contributed by atoms with van der Waals surface area (Å²) in [5.74, 6) is 0. The zero-order valence-corrected chi connectivity index (χ0v) is 74.0. The molecule has 3 aliphatic carbocycles. The Morgan fingerprint density at radius 2 is 0.556 bits per heavy atom. The molecule has 3 aliphatic rings. The van der Waals surface area contributed by atoms with Crippen molar-refractivity contribution in [3.63, 3.8) is 0 Å². The maximum atomic E-state index is 5.67. The lowest BCUT2D eigenvalue weighted by molar-refractivity contribution is 0.393. The molecule has 598 valence electrons. The number of aromatic nitrogens is 4. The van der Waals surface area contributed by atoms with Crippen LogP contribution in [0.15, 0.2) is 42.0 Å². The van der Waals surface area contributed by atoms with Crippen molar-refractivity contribution >= 4 is 73.8 Å². The van der Waals surface area contributed by atoms with Crippen molar-refractivity contribution in [2.75, 3.05) is 0 Å². The molecule has 4 aromatic heterocycles. The van der Waals surface area contributed by atoms with Crippen LogP contribution in [-0.4, -0.2) is 17.5 Å². The third-order valence-electron chi connectivity index (χ3n) is 26.5. The number of hydrogen-bond donors (Lipinski definition) is 0. The van der Waals surface area contributed by atoms with E-state index < -0.39 is 0 Å². The third kappa shape index (κ3) is 23.4. The molecule has 0 fully saturated rings. The molecule has 0 atom stereocenters. The number of allylic oxidation sites excluding steroid dienone is 1. The average molecular weight is 1540 g/mol. The minimum atomic E-state index is -0.156. The van der Waals surface area contributed by atoms with Crippen molar-refractivity contribution in [3.05, 3.63) is 85.8 Å². The van der Waals surface area contributed by atoms with Gasteiger partial charge in [0, 0.05) is 48.4 Å². The molecule has 0 aliphatic heterocycles. The minimum absolute atomic E-state index is 0.0956. The fraction of sp³-hybridized carbons (Fsp3) is 0.720. The quantitative estimate of drug-likeness (QED) is 0.0357. The Balaban J connectivity index is 1.07. The number of hydrogen-bond acceptors (Lipinski definition) is 8. The first-order valence-corrected chi connectivity index (χ1v) is 50.1. The highest BCUT2D eigenvalue weighted by molar-refractivity contribution is 7.24. The Morgan fingerprint density at radius 1 is 0.269 bits per heavy atom. The monoisotopic (exact) mass is 1540 g/mol. The van der Waals surface area contributed by atoms with E-state index in [1.165, 1.54) is 497 Å². The van der Waals surface area contributed by atoms with E-state index in [1.807, 2.05) is 11.3 Å². The Kier molecular flexibility index (Phi) is 38.6. The summed E-state index contributed by atoms with van der Waals surface area (Å²) in [4.78, 5) is 5.88. The van der Waals surface area contributed by atoms with Crippen LogP contribution in [0.5, 0.6) is 0 Å². The number of unbranched alkanes of at least 4 members (excludes halogenated alkanes) is 50. The van der Waals surface area contributed by atoms with E-state index in [4.69, 9.17) is 17.5 Å². The number of nitrogens with zero attached hydrogens (tertiary/aromatic N) is 4. The van der Waals surface area contributed by atoms with Crippen molar-refractivity contribution in [3.8, 4) is 42.4 Å². The first kappa shape index (κ1) is 86.8. The number of fused-ring (bicyclic) bond motifs is 13. The number of thiophene rings is 2. The smallest absolute Gasteiger partial charge is 0.114 e. The van der Waals surface area contributed by atoms with Crippen LogP contribution in [0, 0.1) is 13.8 Å². The van der Waals surface area contributed by atoms with Gasteiger partial charge in [-0.2, -0.15) is 17.5 Å². The van der Waals surface area contributed by atoms with Gasteiger partial charge in [0.2, 0.25) is 0 Å². The Labute approximate surface area is 678 Å². The van der Waals surface area contributed by atoms with Gasteiger partial charge in [-0.1, -0.05) is 400 Å². The summed E-state index contributed by atoms with van der Waals surface area (Å²) in [6, 6.07) is 16.5. The van der Waals surface area contributed by atoms with E-state index in [0.29, 0.717) is 0 Å². The molecule has 3 aromatic carbocycles. The van der Waals surface area contributed by atoms with Crippen molar-refractivity contribution in [2.24, 2.45) is 0 Å². The van der Waals surface area contributed by atoms with E-state index in [0.717, 1.165) is 11.0 Å².